The molecule has 0 spiro atoms. The predicted molar refractivity (Wildman–Crippen MR) is 103 cm³/mol. The molecule has 1 N–H and O–H groups in total. The van der Waals surface area contributed by atoms with Gasteiger partial charge in [0.2, 0.25) is 0 Å². The van der Waals surface area contributed by atoms with Gasteiger partial charge in [-0.3, -0.25) is 14.8 Å². The summed E-state index contributed by atoms with van der Waals surface area (Å²) in [5.74, 6) is -3.96. The van der Waals surface area contributed by atoms with Gasteiger partial charge < -0.3 is 9.47 Å². The van der Waals surface area contributed by atoms with E-state index < -0.39 is 18.4 Å². The Hall–Kier alpha value is -2.68. The van der Waals surface area contributed by atoms with E-state index in [-0.39, 0.29) is 39.4 Å². The van der Waals surface area contributed by atoms with Crippen LogP contribution in [0.25, 0.3) is 0 Å². The van der Waals surface area contributed by atoms with Crippen LogP contribution in [0.5, 0.6) is 11.5 Å². The molecular weight excluding hydrogens is 431 g/mol. The van der Waals surface area contributed by atoms with Gasteiger partial charge in [0, 0.05) is 5.56 Å². The lowest BCUT2D eigenvalue weighted by Crippen LogP contribution is -2.31. The first-order chi connectivity index (χ1) is 13.7. The minimum absolute atomic E-state index is 0.0207. The lowest BCUT2D eigenvalue weighted by atomic mass is 10.1. The van der Waals surface area contributed by atoms with E-state index in [9.17, 15) is 23.6 Å². The number of alkyl halides is 2. The molecule has 0 heterocycles. The van der Waals surface area contributed by atoms with Gasteiger partial charge in [-0.05, 0) is 42.5 Å². The van der Waals surface area contributed by atoms with Gasteiger partial charge in [-0.2, -0.15) is 13.8 Å². The van der Waals surface area contributed by atoms with Crippen molar-refractivity contribution < 1.29 is 33.1 Å². The van der Waals surface area contributed by atoms with Gasteiger partial charge in [0.15, 0.2) is 12.9 Å². The Labute approximate surface area is 174 Å². The summed E-state index contributed by atoms with van der Waals surface area (Å²) in [7, 11) is 0. The highest BCUT2D eigenvalue weighted by Crippen LogP contribution is 2.34. The van der Waals surface area contributed by atoms with Crippen LogP contribution >= 0.6 is 23.2 Å². The molecule has 0 unspecified atom stereocenters. The molecule has 0 aliphatic rings. The van der Waals surface area contributed by atoms with Gasteiger partial charge in [0.1, 0.15) is 18.1 Å². The first kappa shape index (κ1) is 22.6. The zero-order valence-electron chi connectivity index (χ0n) is 14.8. The summed E-state index contributed by atoms with van der Waals surface area (Å²) < 4.78 is 37.4. The number of nitrogens with zero attached hydrogens (tertiary/aromatic N) is 1. The first-order valence-electron chi connectivity index (χ1n) is 8.01. The van der Waals surface area contributed by atoms with E-state index in [2.05, 4.69) is 6.58 Å². The van der Waals surface area contributed by atoms with Crippen LogP contribution in [0.1, 0.15) is 5.56 Å². The Balaban J connectivity index is 2.04. The fourth-order valence-corrected chi connectivity index (χ4v) is 2.61. The number of aldehydes is 1. The number of amides is 1. The number of rotatable bonds is 9. The van der Waals surface area contributed by atoms with Crippen molar-refractivity contribution in [2.24, 2.45) is 0 Å². The van der Waals surface area contributed by atoms with Gasteiger partial charge in [0.25, 0.3) is 11.8 Å². The maximum Gasteiger partial charge on any atom is 0.291 e. The highest BCUT2D eigenvalue weighted by atomic mass is 35.5. The average molecular weight is 446 g/mol. The molecule has 0 aromatic heterocycles. The summed E-state index contributed by atoms with van der Waals surface area (Å²) in [5.41, 5.74) is -0.361. The molecule has 0 saturated carbocycles. The lowest BCUT2D eigenvalue weighted by molar-refractivity contribution is -0.125. The second-order valence-corrected chi connectivity index (χ2v) is 6.37. The van der Waals surface area contributed by atoms with Crippen molar-refractivity contribution in [1.82, 2.24) is 0 Å². The number of benzene rings is 2. The number of hydroxylamine groups is 1. The normalized spacial score (nSPS) is 10.9. The van der Waals surface area contributed by atoms with Gasteiger partial charge in [-0.25, -0.2) is 0 Å². The molecule has 2 aromatic carbocycles. The van der Waals surface area contributed by atoms with Crippen molar-refractivity contribution >= 4 is 41.1 Å². The summed E-state index contributed by atoms with van der Waals surface area (Å²) in [5, 5.41) is 10.2. The third kappa shape index (κ3) is 5.66. The SMILES string of the molecule is C=CC(F)(F)c1ccc(OCC(=O)N(O)c2ccc(OCC=O)c(Cl)c2)c(Cl)c1. The van der Waals surface area contributed by atoms with E-state index in [1.807, 2.05) is 0 Å². The fourth-order valence-electron chi connectivity index (χ4n) is 2.15. The second-order valence-electron chi connectivity index (χ2n) is 5.56. The molecule has 0 bridgehead atoms. The van der Waals surface area contributed by atoms with Gasteiger partial charge in [0.05, 0.1) is 15.7 Å². The maximum atomic E-state index is 13.6. The molecule has 154 valence electrons. The molecule has 0 aliphatic carbocycles. The minimum atomic E-state index is -3.26. The standard InChI is InChI=1S/C19H15Cl2F2NO5/c1-2-19(22,23)12-3-5-17(14(20)9-12)29-11-18(26)24(27)13-4-6-16(15(21)10-13)28-8-7-25/h2-7,9-10,27H,1,8,11H2. The molecule has 0 fully saturated rings. The molecule has 0 radical (unpaired) electrons. The molecule has 6 nitrogen and oxygen atoms in total. The van der Waals surface area contributed by atoms with Crippen molar-refractivity contribution in [3.63, 3.8) is 0 Å². The van der Waals surface area contributed by atoms with Crippen LogP contribution in [0.4, 0.5) is 14.5 Å². The largest absolute Gasteiger partial charge is 0.485 e. The Morgan fingerprint density at radius 3 is 2.34 bits per heavy atom. The topological polar surface area (TPSA) is 76.1 Å². The number of carbonyl (C=O) groups is 2. The Morgan fingerprint density at radius 1 is 1.14 bits per heavy atom. The fraction of sp³-hybridized carbons (Fsp3) is 0.158. The molecule has 2 aromatic rings. The first-order valence-corrected chi connectivity index (χ1v) is 8.77. The quantitative estimate of drug-likeness (QED) is 0.263. The van der Waals surface area contributed by atoms with Crippen LogP contribution in [0, 0.1) is 0 Å². The Morgan fingerprint density at radius 2 is 1.76 bits per heavy atom. The number of ether oxygens (including phenoxy) is 2. The molecule has 0 saturated heterocycles. The number of anilines is 1. The Bertz CT molecular complexity index is 923. The summed E-state index contributed by atoms with van der Waals surface area (Å²) >= 11 is 11.9. The summed E-state index contributed by atoms with van der Waals surface area (Å²) in [6.45, 7) is 2.23. The van der Waals surface area contributed by atoms with Crippen LogP contribution < -0.4 is 14.5 Å². The van der Waals surface area contributed by atoms with Gasteiger partial charge >= 0.3 is 0 Å². The predicted octanol–water partition coefficient (Wildman–Crippen LogP) is 4.65. The Kier molecular flexibility index (Phi) is 7.55. The highest BCUT2D eigenvalue weighted by Gasteiger charge is 2.28. The molecular formula is C19H15Cl2F2NO5. The van der Waals surface area contributed by atoms with E-state index >= 15 is 0 Å². The van der Waals surface area contributed by atoms with Crippen molar-refractivity contribution in [3.05, 3.63) is 64.7 Å². The number of hydrogen-bond donors (Lipinski definition) is 1. The van der Waals surface area contributed by atoms with Crippen LogP contribution in [-0.2, 0) is 15.5 Å². The van der Waals surface area contributed by atoms with Gasteiger partial charge in [-0.1, -0.05) is 29.8 Å². The monoisotopic (exact) mass is 445 g/mol. The van der Waals surface area contributed by atoms with E-state index in [1.54, 1.807) is 0 Å². The third-order valence-corrected chi connectivity index (χ3v) is 4.22. The molecule has 0 aliphatic heterocycles. The molecule has 29 heavy (non-hydrogen) atoms. The second kappa shape index (κ2) is 9.69. The number of carbonyl (C=O) groups excluding carboxylic acids is 2. The average Bonchev–Trinajstić information content (AvgIpc) is 2.71. The van der Waals surface area contributed by atoms with E-state index in [1.165, 1.54) is 24.3 Å². The van der Waals surface area contributed by atoms with Crippen LogP contribution in [0.15, 0.2) is 49.1 Å². The van der Waals surface area contributed by atoms with Crippen LogP contribution in [0.2, 0.25) is 10.0 Å². The van der Waals surface area contributed by atoms with E-state index in [0.29, 0.717) is 17.4 Å². The number of allylic oxidation sites excluding steroid dienone is 1. The summed E-state index contributed by atoms with van der Waals surface area (Å²) in [4.78, 5) is 22.4. The van der Waals surface area contributed by atoms with Crippen LogP contribution in [-0.4, -0.2) is 30.6 Å². The highest BCUT2D eigenvalue weighted by molar-refractivity contribution is 6.32. The molecule has 2 rings (SSSR count). The molecule has 10 heteroatoms. The summed E-state index contributed by atoms with van der Waals surface area (Å²) in [6.07, 6.45) is 1.02. The molecule has 0 atom stereocenters. The van der Waals surface area contributed by atoms with Crippen LogP contribution in [0.3, 0.4) is 0 Å². The zero-order chi connectivity index (χ0) is 21.6. The van der Waals surface area contributed by atoms with Gasteiger partial charge in [-0.15, -0.1) is 0 Å². The zero-order valence-corrected chi connectivity index (χ0v) is 16.3. The number of halogens is 4. The third-order valence-electron chi connectivity index (χ3n) is 3.63. The lowest BCUT2D eigenvalue weighted by Gasteiger charge is -2.17. The number of hydrogen-bond acceptors (Lipinski definition) is 5. The van der Waals surface area contributed by atoms with Crippen molar-refractivity contribution in [2.75, 3.05) is 18.3 Å². The molecule has 1 amide bonds. The van der Waals surface area contributed by atoms with Crippen molar-refractivity contribution in [1.29, 1.82) is 0 Å². The van der Waals surface area contributed by atoms with E-state index in [0.717, 1.165) is 12.1 Å². The summed E-state index contributed by atoms with van der Waals surface area (Å²) in [6, 6.07) is 7.22. The minimum Gasteiger partial charge on any atom is -0.485 e. The maximum absolute atomic E-state index is 13.6. The van der Waals surface area contributed by atoms with E-state index in [4.69, 9.17) is 32.7 Å². The van der Waals surface area contributed by atoms with Crippen molar-refractivity contribution in [2.45, 2.75) is 5.92 Å². The van der Waals surface area contributed by atoms with Crippen molar-refractivity contribution in [3.8, 4) is 11.5 Å². The smallest absolute Gasteiger partial charge is 0.291 e.